The van der Waals surface area contributed by atoms with Gasteiger partial charge in [-0.25, -0.2) is 13.8 Å². The van der Waals surface area contributed by atoms with Crippen molar-refractivity contribution in [2.75, 3.05) is 4.90 Å². The monoisotopic (exact) mass is 478 g/mol. The number of nitrogens with two attached hydrogens (primary N) is 1. The number of alkyl halides is 3. The number of carbonyl (C=O) groups excluding carboxylic acids is 1. The minimum Gasteiger partial charge on any atom is -0.326 e. The van der Waals surface area contributed by atoms with Gasteiger partial charge in [-0.1, -0.05) is 12.5 Å². The van der Waals surface area contributed by atoms with Crippen LogP contribution in [-0.4, -0.2) is 21.6 Å². The number of amides is 1. The minimum atomic E-state index is -4.29. The van der Waals surface area contributed by atoms with Crippen molar-refractivity contribution >= 4 is 22.6 Å². The van der Waals surface area contributed by atoms with E-state index in [4.69, 9.17) is 5.73 Å². The molecule has 1 aliphatic carbocycles. The quantitative estimate of drug-likeness (QED) is 0.503. The van der Waals surface area contributed by atoms with Crippen molar-refractivity contribution in [3.63, 3.8) is 0 Å². The van der Waals surface area contributed by atoms with Crippen LogP contribution in [0.2, 0.25) is 0 Å². The fourth-order valence-electron chi connectivity index (χ4n) is 5.17. The number of halogens is 5. The zero-order valence-electron chi connectivity index (χ0n) is 18.3. The molecule has 2 N–H and O–H groups in total. The van der Waals surface area contributed by atoms with Crippen LogP contribution < -0.4 is 10.6 Å². The Morgan fingerprint density at radius 2 is 1.88 bits per heavy atom. The van der Waals surface area contributed by atoms with Gasteiger partial charge >= 0.3 is 6.18 Å². The van der Waals surface area contributed by atoms with Crippen molar-refractivity contribution < 1.29 is 26.7 Å². The summed E-state index contributed by atoms with van der Waals surface area (Å²) >= 11 is 0. The maximum absolute atomic E-state index is 14.8. The fraction of sp³-hybridized carbons (Fsp3) is 0.417. The van der Waals surface area contributed by atoms with E-state index in [0.717, 1.165) is 24.1 Å². The number of nitrogens with zero attached hydrogens (tertiary/aromatic N) is 3. The molecule has 2 aliphatic rings. The average Bonchev–Trinajstić information content (AvgIpc) is 3.19. The number of hydrogen-bond acceptors (Lipinski definition) is 3. The van der Waals surface area contributed by atoms with Crippen molar-refractivity contribution in [3.8, 4) is 0 Å². The predicted octanol–water partition coefficient (Wildman–Crippen LogP) is 5.08. The zero-order valence-corrected chi connectivity index (χ0v) is 18.3. The molecular weight excluding hydrogens is 455 g/mol. The number of aromatic nitrogens is 2. The molecule has 1 aromatic heterocycles. The van der Waals surface area contributed by atoms with E-state index < -0.39 is 29.6 Å². The van der Waals surface area contributed by atoms with Gasteiger partial charge in [-0.15, -0.1) is 0 Å². The van der Waals surface area contributed by atoms with E-state index >= 15 is 0 Å². The first kappa shape index (κ1) is 22.8. The summed E-state index contributed by atoms with van der Waals surface area (Å²) in [4.78, 5) is 19.4. The van der Waals surface area contributed by atoms with Crippen molar-refractivity contribution in [2.24, 2.45) is 5.73 Å². The first-order valence-electron chi connectivity index (χ1n) is 11.2. The van der Waals surface area contributed by atoms with Gasteiger partial charge in [-0.3, -0.25) is 4.79 Å². The van der Waals surface area contributed by atoms with Gasteiger partial charge in [0.15, 0.2) is 0 Å². The van der Waals surface area contributed by atoms with E-state index in [1.54, 1.807) is 22.8 Å². The SMILES string of the molecule is NCc1ccc2c(c1)nc(CN1C(=O)C3(CCC3)c3c(F)cc(F)cc31)n2CCCC(F)(F)F. The molecule has 3 aromatic rings. The molecule has 2 aromatic carbocycles. The van der Waals surface area contributed by atoms with Crippen LogP contribution >= 0.6 is 0 Å². The van der Waals surface area contributed by atoms with Gasteiger partial charge in [0.25, 0.3) is 0 Å². The lowest BCUT2D eigenvalue weighted by molar-refractivity contribution is -0.135. The zero-order chi connectivity index (χ0) is 24.3. The van der Waals surface area contributed by atoms with Crippen LogP contribution in [0.4, 0.5) is 27.6 Å². The number of fused-ring (bicyclic) bond motifs is 3. The molecule has 2 heterocycles. The lowest BCUT2D eigenvalue weighted by Gasteiger charge is -2.37. The second-order valence-electron chi connectivity index (χ2n) is 9.03. The van der Waals surface area contributed by atoms with Gasteiger partial charge in [0.05, 0.1) is 28.7 Å². The molecule has 10 heteroatoms. The standard InChI is InChI=1S/C24H23F5N4O/c25-15-10-16(26)21-19(11-15)33(22(34)23(21)5-1-6-23)13-20-31-17-9-14(12-30)3-4-18(17)32(20)8-2-7-24(27,28)29/h3-4,9-11H,1-2,5-8,12-13,30H2. The molecule has 1 aliphatic heterocycles. The van der Waals surface area contributed by atoms with Crippen LogP contribution in [0, 0.1) is 11.6 Å². The number of aryl methyl sites for hydroxylation is 1. The molecule has 0 radical (unpaired) electrons. The third-order valence-corrected chi connectivity index (χ3v) is 6.93. The Labute approximate surface area is 192 Å². The van der Waals surface area contributed by atoms with Crippen LogP contribution in [0.15, 0.2) is 30.3 Å². The van der Waals surface area contributed by atoms with Gasteiger partial charge in [0, 0.05) is 31.1 Å². The summed E-state index contributed by atoms with van der Waals surface area (Å²) in [5.74, 6) is -1.52. The van der Waals surface area contributed by atoms with E-state index in [2.05, 4.69) is 4.98 Å². The topological polar surface area (TPSA) is 64.2 Å². The molecule has 1 spiro atoms. The Bertz CT molecular complexity index is 1280. The summed E-state index contributed by atoms with van der Waals surface area (Å²) in [5, 5.41) is 0. The first-order chi connectivity index (χ1) is 16.1. The van der Waals surface area contributed by atoms with E-state index in [0.29, 0.717) is 29.7 Å². The Morgan fingerprint density at radius 1 is 1.12 bits per heavy atom. The van der Waals surface area contributed by atoms with E-state index in [1.807, 2.05) is 0 Å². The Morgan fingerprint density at radius 3 is 2.53 bits per heavy atom. The summed E-state index contributed by atoms with van der Waals surface area (Å²) < 4.78 is 68.9. The summed E-state index contributed by atoms with van der Waals surface area (Å²) in [6.45, 7) is 0.200. The van der Waals surface area contributed by atoms with E-state index in [9.17, 15) is 26.7 Å². The number of anilines is 1. The average molecular weight is 478 g/mol. The third-order valence-electron chi connectivity index (χ3n) is 6.93. The second-order valence-corrected chi connectivity index (χ2v) is 9.03. The van der Waals surface area contributed by atoms with Crippen molar-refractivity contribution in [1.29, 1.82) is 0 Å². The van der Waals surface area contributed by atoms with Gasteiger partial charge in [0.2, 0.25) is 5.91 Å². The van der Waals surface area contributed by atoms with Crippen LogP contribution in [0.25, 0.3) is 11.0 Å². The molecule has 5 nitrogen and oxygen atoms in total. The highest BCUT2D eigenvalue weighted by atomic mass is 19.4. The Kier molecular flexibility index (Phi) is 5.38. The van der Waals surface area contributed by atoms with Crippen LogP contribution in [-0.2, 0) is 29.8 Å². The van der Waals surface area contributed by atoms with E-state index in [1.165, 1.54) is 4.90 Å². The number of rotatable bonds is 6. The van der Waals surface area contributed by atoms with Gasteiger partial charge in [0.1, 0.15) is 17.5 Å². The molecule has 0 atom stereocenters. The molecule has 1 fully saturated rings. The van der Waals surface area contributed by atoms with Crippen molar-refractivity contribution in [1.82, 2.24) is 9.55 Å². The van der Waals surface area contributed by atoms with Gasteiger partial charge in [-0.05, 0) is 43.0 Å². The summed E-state index contributed by atoms with van der Waals surface area (Å²) in [6.07, 6.45) is -3.72. The molecule has 0 bridgehead atoms. The van der Waals surface area contributed by atoms with Crippen LogP contribution in [0.3, 0.4) is 0 Å². The highest BCUT2D eigenvalue weighted by molar-refractivity contribution is 6.08. The summed E-state index contributed by atoms with van der Waals surface area (Å²) in [6, 6.07) is 7.21. The van der Waals surface area contributed by atoms with E-state index in [-0.39, 0.29) is 43.2 Å². The molecule has 1 saturated carbocycles. The lowest BCUT2D eigenvalue weighted by Crippen LogP contribution is -2.45. The smallest absolute Gasteiger partial charge is 0.326 e. The minimum absolute atomic E-state index is 0.0326. The van der Waals surface area contributed by atoms with Gasteiger partial charge < -0.3 is 15.2 Å². The molecule has 34 heavy (non-hydrogen) atoms. The number of carbonyl (C=O) groups is 1. The summed E-state index contributed by atoms with van der Waals surface area (Å²) in [5.41, 5.74) is 7.04. The van der Waals surface area contributed by atoms with Crippen molar-refractivity contribution in [3.05, 3.63) is 58.9 Å². The third kappa shape index (κ3) is 3.64. The fourth-order valence-corrected chi connectivity index (χ4v) is 5.17. The lowest BCUT2D eigenvalue weighted by atomic mass is 9.65. The van der Waals surface area contributed by atoms with Crippen LogP contribution in [0.5, 0.6) is 0 Å². The number of imidazole rings is 1. The Hall–Kier alpha value is -3.01. The van der Waals surface area contributed by atoms with Crippen LogP contribution in [0.1, 0.15) is 49.1 Å². The number of benzene rings is 2. The largest absolute Gasteiger partial charge is 0.389 e. The molecule has 0 saturated heterocycles. The van der Waals surface area contributed by atoms with Gasteiger partial charge in [-0.2, -0.15) is 13.2 Å². The molecule has 5 rings (SSSR count). The second kappa shape index (κ2) is 8.04. The Balaban J connectivity index is 1.56. The number of hydrogen-bond donors (Lipinski definition) is 1. The normalized spacial score (nSPS) is 17.0. The molecule has 1 amide bonds. The predicted molar refractivity (Wildman–Crippen MR) is 116 cm³/mol. The molecule has 180 valence electrons. The summed E-state index contributed by atoms with van der Waals surface area (Å²) in [7, 11) is 0. The molecule has 0 unspecified atom stereocenters. The maximum Gasteiger partial charge on any atom is 0.389 e. The highest BCUT2D eigenvalue weighted by Crippen LogP contribution is 2.54. The van der Waals surface area contributed by atoms with Crippen molar-refractivity contribution in [2.45, 2.75) is 63.3 Å². The highest BCUT2D eigenvalue weighted by Gasteiger charge is 2.56. The molecular formula is C24H23F5N4O. The first-order valence-corrected chi connectivity index (χ1v) is 11.2. The maximum atomic E-state index is 14.8.